The Kier molecular flexibility index (Phi) is 4.65. The van der Waals surface area contributed by atoms with Gasteiger partial charge in [-0.25, -0.2) is 4.98 Å². The minimum Gasteiger partial charge on any atom is -0.465 e. The number of benzene rings is 1. The summed E-state index contributed by atoms with van der Waals surface area (Å²) in [5.41, 5.74) is 3.00. The number of hydrogen-bond donors (Lipinski definition) is 0. The van der Waals surface area contributed by atoms with E-state index < -0.39 is 5.41 Å². The van der Waals surface area contributed by atoms with Gasteiger partial charge < -0.3 is 9.30 Å². The van der Waals surface area contributed by atoms with Crippen molar-refractivity contribution in [1.82, 2.24) is 9.55 Å². The first-order chi connectivity index (χ1) is 14.3. The lowest BCUT2D eigenvalue weighted by Gasteiger charge is -2.46. The monoisotopic (exact) mass is 388 g/mol. The van der Waals surface area contributed by atoms with Gasteiger partial charge in [0.15, 0.2) is 0 Å². The Bertz CT molecular complexity index is 967. The number of imidazole rings is 1. The van der Waals surface area contributed by atoms with Gasteiger partial charge in [-0.1, -0.05) is 67.8 Å². The summed E-state index contributed by atoms with van der Waals surface area (Å²) in [6, 6.07) is 8.60. The van der Waals surface area contributed by atoms with Crippen LogP contribution < -0.4 is 0 Å². The third-order valence-electron chi connectivity index (χ3n) is 7.12. The van der Waals surface area contributed by atoms with Crippen molar-refractivity contribution in [2.45, 2.75) is 45.1 Å². The molecule has 1 aromatic heterocycles. The minimum absolute atomic E-state index is 0.00579. The Morgan fingerprint density at radius 2 is 2.03 bits per heavy atom. The fraction of sp³-hybridized carbons (Fsp3) is 0.440. The molecule has 2 aliphatic carbocycles. The van der Waals surface area contributed by atoms with E-state index in [0.717, 1.165) is 18.5 Å². The van der Waals surface area contributed by atoms with E-state index in [2.05, 4.69) is 58.1 Å². The van der Waals surface area contributed by atoms with Crippen molar-refractivity contribution >= 4 is 5.97 Å². The maximum atomic E-state index is 13.6. The van der Waals surface area contributed by atoms with Crippen molar-refractivity contribution in [1.29, 1.82) is 0 Å². The molecular formula is C25H28N2O2. The minimum atomic E-state index is -0.630. The van der Waals surface area contributed by atoms with Crippen LogP contribution in [0.15, 0.2) is 61.1 Å². The summed E-state index contributed by atoms with van der Waals surface area (Å²) in [5.74, 6) is 0.246. The van der Waals surface area contributed by atoms with Crippen LogP contribution in [0.5, 0.6) is 0 Å². The number of carbonyl (C=O) groups is 1. The highest BCUT2D eigenvalue weighted by Gasteiger charge is 2.55. The Hall–Kier alpha value is -2.62. The summed E-state index contributed by atoms with van der Waals surface area (Å²) in [5, 5.41) is 0. The van der Waals surface area contributed by atoms with E-state index in [4.69, 9.17) is 4.74 Å². The lowest BCUT2D eigenvalue weighted by atomic mass is 9.58. The third kappa shape index (κ3) is 2.72. The van der Waals surface area contributed by atoms with Crippen LogP contribution in [0.4, 0.5) is 0 Å². The molecule has 1 aromatic carbocycles. The second kappa shape index (κ2) is 7.33. The van der Waals surface area contributed by atoms with Gasteiger partial charge in [0.25, 0.3) is 0 Å². The first kappa shape index (κ1) is 18.4. The van der Waals surface area contributed by atoms with Crippen LogP contribution >= 0.6 is 0 Å². The standard InChI is InChI=1S/C25H28N2O2/c1-2-29-24(28)25(18-10-4-3-5-11-18)15-9-8-14-21(25)23-20-13-7-6-12-19(20)22-16-26-17-27(22)23/h6-9,12-18,21,23H,2-5,10-11H2,1H3. The molecule has 4 heteroatoms. The molecule has 1 saturated carbocycles. The lowest BCUT2D eigenvalue weighted by Crippen LogP contribution is -2.48. The van der Waals surface area contributed by atoms with Gasteiger partial charge >= 0.3 is 5.97 Å². The van der Waals surface area contributed by atoms with Gasteiger partial charge in [-0.05, 0) is 31.2 Å². The topological polar surface area (TPSA) is 44.1 Å². The fourth-order valence-electron chi connectivity index (χ4n) is 5.89. The molecule has 150 valence electrons. The quantitative estimate of drug-likeness (QED) is 0.666. The Morgan fingerprint density at radius 1 is 1.21 bits per heavy atom. The molecule has 3 aliphatic rings. The molecule has 0 spiro atoms. The Morgan fingerprint density at radius 3 is 2.86 bits per heavy atom. The highest BCUT2D eigenvalue weighted by Crippen LogP contribution is 2.55. The second-order valence-corrected chi connectivity index (χ2v) is 8.48. The van der Waals surface area contributed by atoms with E-state index in [9.17, 15) is 4.79 Å². The molecule has 2 heterocycles. The van der Waals surface area contributed by atoms with Crippen molar-refractivity contribution in [3.05, 3.63) is 66.7 Å². The van der Waals surface area contributed by atoms with Gasteiger partial charge in [-0.2, -0.15) is 0 Å². The van der Waals surface area contributed by atoms with E-state index >= 15 is 0 Å². The molecule has 0 N–H and O–H groups in total. The molecule has 0 saturated heterocycles. The van der Waals surface area contributed by atoms with Crippen LogP contribution in [0.1, 0.15) is 50.6 Å². The SMILES string of the molecule is CCOC(=O)C1(C2CCCCC2)C=CC=CC1C1c2ccccc2-c2cncn21. The number of carbonyl (C=O) groups excluding carboxylic acids is 1. The molecule has 3 unspecified atom stereocenters. The van der Waals surface area contributed by atoms with Crippen molar-refractivity contribution in [2.24, 2.45) is 17.3 Å². The molecule has 29 heavy (non-hydrogen) atoms. The summed E-state index contributed by atoms with van der Waals surface area (Å²) >= 11 is 0. The maximum absolute atomic E-state index is 13.6. The van der Waals surface area contributed by atoms with Gasteiger partial charge in [0.05, 0.1) is 36.3 Å². The zero-order valence-electron chi connectivity index (χ0n) is 17.0. The maximum Gasteiger partial charge on any atom is 0.316 e. The van der Waals surface area contributed by atoms with Crippen LogP contribution in [-0.2, 0) is 9.53 Å². The van der Waals surface area contributed by atoms with Crippen molar-refractivity contribution in [2.75, 3.05) is 6.61 Å². The average Bonchev–Trinajstić information content (AvgIpc) is 3.35. The van der Waals surface area contributed by atoms with E-state index in [1.807, 2.05) is 19.4 Å². The predicted octanol–water partition coefficient (Wildman–Crippen LogP) is 5.32. The highest BCUT2D eigenvalue weighted by atomic mass is 16.5. The van der Waals surface area contributed by atoms with Crippen LogP contribution in [-0.4, -0.2) is 22.1 Å². The van der Waals surface area contributed by atoms with Gasteiger partial charge in [0.2, 0.25) is 0 Å². The number of aromatic nitrogens is 2. The largest absolute Gasteiger partial charge is 0.465 e. The average molecular weight is 389 g/mol. The van der Waals surface area contributed by atoms with Crippen molar-refractivity contribution in [3.63, 3.8) is 0 Å². The number of rotatable bonds is 4. The number of allylic oxidation sites excluding steroid dienone is 3. The van der Waals surface area contributed by atoms with Gasteiger partial charge in [0.1, 0.15) is 0 Å². The number of ether oxygens (including phenoxy) is 1. The van der Waals surface area contributed by atoms with Gasteiger partial charge in [-0.15, -0.1) is 0 Å². The molecule has 5 rings (SSSR count). The van der Waals surface area contributed by atoms with E-state index in [0.29, 0.717) is 12.5 Å². The van der Waals surface area contributed by atoms with E-state index in [1.165, 1.54) is 30.4 Å². The van der Waals surface area contributed by atoms with E-state index in [1.54, 1.807) is 0 Å². The summed E-state index contributed by atoms with van der Waals surface area (Å²) in [7, 11) is 0. The third-order valence-corrected chi connectivity index (χ3v) is 7.12. The Balaban J connectivity index is 1.67. The number of hydrogen-bond acceptors (Lipinski definition) is 3. The predicted molar refractivity (Wildman–Crippen MR) is 113 cm³/mol. The molecule has 0 radical (unpaired) electrons. The number of nitrogens with zero attached hydrogens (tertiary/aromatic N) is 2. The molecular weight excluding hydrogens is 360 g/mol. The first-order valence-electron chi connectivity index (χ1n) is 10.9. The zero-order valence-corrected chi connectivity index (χ0v) is 17.0. The summed E-state index contributed by atoms with van der Waals surface area (Å²) < 4.78 is 8.00. The summed E-state index contributed by atoms with van der Waals surface area (Å²) in [4.78, 5) is 18.1. The smallest absolute Gasteiger partial charge is 0.316 e. The molecule has 0 bridgehead atoms. The first-order valence-corrected chi connectivity index (χ1v) is 10.9. The second-order valence-electron chi connectivity index (χ2n) is 8.48. The van der Waals surface area contributed by atoms with Crippen LogP contribution in [0.25, 0.3) is 11.3 Å². The fourth-order valence-corrected chi connectivity index (χ4v) is 5.89. The van der Waals surface area contributed by atoms with Gasteiger partial charge in [0, 0.05) is 11.5 Å². The molecule has 2 aromatic rings. The molecule has 4 nitrogen and oxygen atoms in total. The van der Waals surface area contributed by atoms with Crippen LogP contribution in [0.2, 0.25) is 0 Å². The number of fused-ring (bicyclic) bond motifs is 3. The zero-order chi connectivity index (χ0) is 19.8. The number of esters is 1. The normalized spacial score (nSPS) is 28.2. The summed E-state index contributed by atoms with van der Waals surface area (Å²) in [6.45, 7) is 2.32. The van der Waals surface area contributed by atoms with Crippen molar-refractivity contribution in [3.8, 4) is 11.3 Å². The Labute approximate surface area is 172 Å². The molecule has 3 atom stereocenters. The van der Waals surface area contributed by atoms with Crippen LogP contribution in [0.3, 0.4) is 0 Å². The summed E-state index contributed by atoms with van der Waals surface area (Å²) in [6.07, 6.45) is 18.2. The lowest BCUT2D eigenvalue weighted by molar-refractivity contribution is -0.160. The van der Waals surface area contributed by atoms with Gasteiger partial charge in [-0.3, -0.25) is 4.79 Å². The van der Waals surface area contributed by atoms with E-state index in [-0.39, 0.29) is 17.9 Å². The van der Waals surface area contributed by atoms with Crippen LogP contribution in [0, 0.1) is 17.3 Å². The molecule has 0 amide bonds. The molecule has 1 fully saturated rings. The highest BCUT2D eigenvalue weighted by molar-refractivity contribution is 5.82. The van der Waals surface area contributed by atoms with Crippen molar-refractivity contribution < 1.29 is 9.53 Å². The molecule has 1 aliphatic heterocycles.